The van der Waals surface area contributed by atoms with Crippen molar-refractivity contribution in [1.29, 1.82) is 5.26 Å². The van der Waals surface area contributed by atoms with Crippen molar-refractivity contribution in [3.05, 3.63) is 35.1 Å². The number of halogens is 2. The normalized spacial score (nSPS) is 8.38. The highest BCUT2D eigenvalue weighted by Gasteiger charge is 2.00. The molecule has 1 aromatic rings. The van der Waals surface area contributed by atoms with E-state index in [4.69, 9.17) is 5.26 Å². The van der Waals surface area contributed by atoms with Gasteiger partial charge in [0.25, 0.3) is 0 Å². The van der Waals surface area contributed by atoms with Crippen molar-refractivity contribution >= 4 is 15.9 Å². The Balaban J connectivity index is 3.17. The zero-order chi connectivity index (χ0) is 9.68. The highest BCUT2D eigenvalue weighted by Crippen LogP contribution is 2.10. The molecule has 0 radical (unpaired) electrons. The molecule has 0 atom stereocenters. The molecule has 64 valence electrons. The minimum absolute atomic E-state index is 0.247. The molecule has 0 aliphatic heterocycles. The zero-order valence-corrected chi connectivity index (χ0v) is 8.23. The maximum absolute atomic E-state index is 12.7. The van der Waals surface area contributed by atoms with E-state index in [1.165, 1.54) is 12.1 Å². The molecule has 0 N–H and O–H groups in total. The van der Waals surface area contributed by atoms with Crippen LogP contribution < -0.4 is 0 Å². The van der Waals surface area contributed by atoms with E-state index >= 15 is 0 Å². The lowest BCUT2D eigenvalue weighted by molar-refractivity contribution is 0.627. The molecule has 0 fully saturated rings. The van der Waals surface area contributed by atoms with Crippen molar-refractivity contribution < 1.29 is 4.39 Å². The van der Waals surface area contributed by atoms with Gasteiger partial charge in [0.2, 0.25) is 0 Å². The van der Waals surface area contributed by atoms with Crippen LogP contribution in [0.5, 0.6) is 0 Å². The first-order valence-electron chi connectivity index (χ1n) is 3.55. The SMILES string of the molecule is N#CCc1ccc(F)cc1C#CBr. The minimum Gasteiger partial charge on any atom is -0.207 e. The van der Waals surface area contributed by atoms with E-state index in [-0.39, 0.29) is 12.2 Å². The fourth-order valence-electron chi connectivity index (χ4n) is 0.955. The van der Waals surface area contributed by atoms with Crippen molar-refractivity contribution in [3.63, 3.8) is 0 Å². The molecule has 0 amide bonds. The Morgan fingerprint density at radius 2 is 2.23 bits per heavy atom. The van der Waals surface area contributed by atoms with Crippen LogP contribution in [0, 0.1) is 27.9 Å². The van der Waals surface area contributed by atoms with Crippen LogP contribution in [0.25, 0.3) is 0 Å². The van der Waals surface area contributed by atoms with Crippen LogP contribution in [0.2, 0.25) is 0 Å². The molecular formula is C10H5BrFN. The summed E-state index contributed by atoms with van der Waals surface area (Å²) < 4.78 is 12.7. The Bertz CT molecular complexity index is 409. The maximum Gasteiger partial charge on any atom is 0.124 e. The Hall–Kier alpha value is -1.32. The lowest BCUT2D eigenvalue weighted by atomic mass is 10.1. The average Bonchev–Trinajstić information content (AvgIpc) is 2.10. The van der Waals surface area contributed by atoms with Crippen molar-refractivity contribution in [2.24, 2.45) is 0 Å². The smallest absolute Gasteiger partial charge is 0.124 e. The van der Waals surface area contributed by atoms with E-state index in [0.717, 1.165) is 5.56 Å². The van der Waals surface area contributed by atoms with E-state index in [9.17, 15) is 4.39 Å². The molecule has 0 saturated heterocycles. The Kier molecular flexibility index (Phi) is 3.49. The summed E-state index contributed by atoms with van der Waals surface area (Å²) in [6.07, 6.45) is 0.247. The molecule has 1 rings (SSSR count). The van der Waals surface area contributed by atoms with Crippen LogP contribution in [0.4, 0.5) is 4.39 Å². The number of hydrogen-bond acceptors (Lipinski definition) is 1. The van der Waals surface area contributed by atoms with E-state index < -0.39 is 0 Å². The Morgan fingerprint density at radius 1 is 1.46 bits per heavy atom. The quantitative estimate of drug-likeness (QED) is 0.690. The molecule has 1 aromatic carbocycles. The van der Waals surface area contributed by atoms with Gasteiger partial charge in [-0.2, -0.15) is 5.26 Å². The molecule has 0 aliphatic rings. The third kappa shape index (κ3) is 2.57. The van der Waals surface area contributed by atoms with Gasteiger partial charge in [0, 0.05) is 21.5 Å². The van der Waals surface area contributed by atoms with Crippen molar-refractivity contribution in [1.82, 2.24) is 0 Å². The highest BCUT2D eigenvalue weighted by molar-refractivity contribution is 9.12. The van der Waals surface area contributed by atoms with Crippen LogP contribution in [0.3, 0.4) is 0 Å². The minimum atomic E-state index is -0.341. The number of nitrogens with zero attached hydrogens (tertiary/aromatic N) is 1. The predicted molar refractivity (Wildman–Crippen MR) is 51.5 cm³/mol. The summed E-state index contributed by atoms with van der Waals surface area (Å²) >= 11 is 2.93. The number of rotatable bonds is 1. The van der Waals surface area contributed by atoms with Crippen molar-refractivity contribution in [2.75, 3.05) is 0 Å². The Morgan fingerprint density at radius 3 is 2.85 bits per heavy atom. The van der Waals surface area contributed by atoms with Gasteiger partial charge >= 0.3 is 0 Å². The van der Waals surface area contributed by atoms with Crippen LogP contribution in [0.15, 0.2) is 18.2 Å². The second kappa shape index (κ2) is 4.64. The van der Waals surface area contributed by atoms with Gasteiger partial charge < -0.3 is 0 Å². The van der Waals surface area contributed by atoms with Gasteiger partial charge in [0.05, 0.1) is 12.5 Å². The predicted octanol–water partition coefficient (Wildman–Crippen LogP) is 2.60. The maximum atomic E-state index is 12.7. The monoisotopic (exact) mass is 237 g/mol. The highest BCUT2D eigenvalue weighted by atomic mass is 79.9. The lowest BCUT2D eigenvalue weighted by Crippen LogP contribution is -1.89. The van der Waals surface area contributed by atoms with Crippen LogP contribution in [-0.4, -0.2) is 0 Å². The first-order valence-corrected chi connectivity index (χ1v) is 4.34. The fourth-order valence-corrected chi connectivity index (χ4v) is 1.17. The standard InChI is InChI=1S/C10H5BrFN/c11-5-3-9-7-10(12)2-1-8(9)4-6-13/h1-2,7H,4H2. The van der Waals surface area contributed by atoms with Crippen molar-refractivity contribution in [3.8, 4) is 16.8 Å². The van der Waals surface area contributed by atoms with Gasteiger partial charge in [0.1, 0.15) is 5.82 Å². The van der Waals surface area contributed by atoms with Gasteiger partial charge in [-0.15, -0.1) is 0 Å². The molecule has 0 spiro atoms. The number of benzene rings is 1. The third-order valence-corrected chi connectivity index (χ3v) is 1.72. The molecule has 0 bridgehead atoms. The number of nitriles is 1. The fraction of sp³-hybridized carbons (Fsp3) is 0.100. The van der Waals surface area contributed by atoms with Gasteiger partial charge in [-0.05, 0) is 22.5 Å². The first-order chi connectivity index (χ1) is 6.27. The van der Waals surface area contributed by atoms with Crippen LogP contribution in [0.1, 0.15) is 11.1 Å². The molecule has 0 saturated carbocycles. The van der Waals surface area contributed by atoms with Gasteiger partial charge in [0.15, 0.2) is 0 Å². The molecule has 1 nitrogen and oxygen atoms in total. The Labute approximate surface area is 84.3 Å². The van der Waals surface area contributed by atoms with Gasteiger partial charge in [-0.1, -0.05) is 12.0 Å². The summed E-state index contributed by atoms with van der Waals surface area (Å²) in [5.74, 6) is 2.34. The molecule has 0 heterocycles. The van der Waals surface area contributed by atoms with Crippen LogP contribution >= 0.6 is 15.9 Å². The molecule has 0 aromatic heterocycles. The molecule has 0 unspecified atom stereocenters. The summed E-state index contributed by atoms with van der Waals surface area (Å²) in [7, 11) is 0. The van der Waals surface area contributed by atoms with E-state index in [0.29, 0.717) is 5.56 Å². The summed E-state index contributed by atoms with van der Waals surface area (Å²) in [6, 6.07) is 6.22. The summed E-state index contributed by atoms with van der Waals surface area (Å²) in [6.45, 7) is 0. The largest absolute Gasteiger partial charge is 0.207 e. The molecule has 13 heavy (non-hydrogen) atoms. The summed E-state index contributed by atoms with van der Waals surface area (Å²) in [5.41, 5.74) is 1.30. The summed E-state index contributed by atoms with van der Waals surface area (Å²) in [5, 5.41) is 8.48. The number of hydrogen-bond donors (Lipinski definition) is 0. The average molecular weight is 238 g/mol. The summed E-state index contributed by atoms with van der Waals surface area (Å²) in [4.78, 5) is 2.50. The topological polar surface area (TPSA) is 23.8 Å². The van der Waals surface area contributed by atoms with Crippen molar-refractivity contribution in [2.45, 2.75) is 6.42 Å². The van der Waals surface area contributed by atoms with Gasteiger partial charge in [-0.3, -0.25) is 0 Å². The molecule has 3 heteroatoms. The van der Waals surface area contributed by atoms with E-state index in [1.807, 2.05) is 6.07 Å². The van der Waals surface area contributed by atoms with Gasteiger partial charge in [-0.25, -0.2) is 4.39 Å². The van der Waals surface area contributed by atoms with Crippen LogP contribution in [-0.2, 0) is 6.42 Å². The van der Waals surface area contributed by atoms with E-state index in [1.54, 1.807) is 6.07 Å². The first kappa shape index (κ1) is 9.77. The molecule has 0 aliphatic carbocycles. The second-order valence-electron chi connectivity index (χ2n) is 2.36. The van der Waals surface area contributed by atoms with E-state index in [2.05, 4.69) is 26.7 Å². The second-order valence-corrected chi connectivity index (χ2v) is 2.75. The zero-order valence-electron chi connectivity index (χ0n) is 6.64. The third-order valence-electron chi connectivity index (χ3n) is 1.52. The lowest BCUT2D eigenvalue weighted by Gasteiger charge is -1.98. The molecular weight excluding hydrogens is 233 g/mol.